The molecule has 0 spiro atoms. The second-order valence-electron chi connectivity index (χ2n) is 7.50. The van der Waals surface area contributed by atoms with Gasteiger partial charge in [0.05, 0.1) is 26.9 Å². The zero-order valence-corrected chi connectivity index (χ0v) is 20.3. The summed E-state index contributed by atoms with van der Waals surface area (Å²) < 4.78 is 13.6. The molecule has 9 heteroatoms. The lowest BCUT2D eigenvalue weighted by molar-refractivity contribution is 0.0993. The number of amides is 1. The van der Waals surface area contributed by atoms with Gasteiger partial charge in [-0.1, -0.05) is 64.9 Å². The van der Waals surface area contributed by atoms with Crippen LogP contribution in [-0.2, 0) is 11.3 Å². The highest BCUT2D eigenvalue weighted by molar-refractivity contribution is 7.16. The van der Waals surface area contributed by atoms with Crippen LogP contribution in [0.3, 0.4) is 0 Å². The van der Waals surface area contributed by atoms with Gasteiger partial charge in [0.15, 0.2) is 4.80 Å². The molecule has 0 saturated heterocycles. The number of fused-ring (bicyclic) bond motifs is 4. The summed E-state index contributed by atoms with van der Waals surface area (Å²) >= 11 is 14.0. The minimum Gasteiger partial charge on any atom is -0.422 e. The highest BCUT2D eigenvalue weighted by Crippen LogP contribution is 2.32. The van der Waals surface area contributed by atoms with Crippen LogP contribution >= 0.6 is 34.5 Å². The Kier molecular flexibility index (Phi) is 6.27. The number of rotatable bonds is 5. The fourth-order valence-corrected chi connectivity index (χ4v) is 5.40. The van der Waals surface area contributed by atoms with Gasteiger partial charge in [-0.2, -0.15) is 4.99 Å². The predicted octanol–water partition coefficient (Wildman–Crippen LogP) is 6.05. The molecule has 1 amide bonds. The molecule has 2 heterocycles. The van der Waals surface area contributed by atoms with Gasteiger partial charge in [0.2, 0.25) is 0 Å². The van der Waals surface area contributed by atoms with E-state index in [-0.39, 0.29) is 5.56 Å². The van der Waals surface area contributed by atoms with Crippen molar-refractivity contribution >= 4 is 72.4 Å². The van der Waals surface area contributed by atoms with Gasteiger partial charge in [0, 0.05) is 18.5 Å². The maximum Gasteiger partial charge on any atom is 0.349 e. The van der Waals surface area contributed by atoms with Gasteiger partial charge >= 0.3 is 5.63 Å². The quantitative estimate of drug-likeness (QED) is 0.163. The van der Waals surface area contributed by atoms with Crippen LogP contribution in [0.15, 0.2) is 68.8 Å². The van der Waals surface area contributed by atoms with E-state index in [1.807, 2.05) is 43.3 Å². The largest absolute Gasteiger partial charge is 0.422 e. The van der Waals surface area contributed by atoms with E-state index in [0.29, 0.717) is 51.1 Å². The third kappa shape index (κ3) is 4.05. The molecule has 0 saturated carbocycles. The normalized spacial score (nSPS) is 12.3. The van der Waals surface area contributed by atoms with Crippen LogP contribution in [-0.4, -0.2) is 23.7 Å². The van der Waals surface area contributed by atoms with Crippen LogP contribution in [0, 0.1) is 0 Å². The van der Waals surface area contributed by atoms with E-state index in [0.717, 1.165) is 15.5 Å². The number of hydrogen-bond acceptors (Lipinski definition) is 5. The Morgan fingerprint density at radius 3 is 2.76 bits per heavy atom. The minimum atomic E-state index is -0.736. The zero-order chi connectivity index (χ0) is 23.8. The topological polar surface area (TPSA) is 73.8 Å². The molecule has 6 nitrogen and oxygen atoms in total. The molecule has 3 aromatic carbocycles. The molecule has 2 aromatic heterocycles. The Hall–Kier alpha value is -2.97. The lowest BCUT2D eigenvalue weighted by atomic mass is 10.0. The Morgan fingerprint density at radius 1 is 1.12 bits per heavy atom. The molecule has 0 radical (unpaired) electrons. The van der Waals surface area contributed by atoms with Crippen molar-refractivity contribution in [2.45, 2.75) is 13.5 Å². The van der Waals surface area contributed by atoms with Gasteiger partial charge in [-0.3, -0.25) is 4.79 Å². The van der Waals surface area contributed by atoms with Gasteiger partial charge in [0.25, 0.3) is 5.91 Å². The van der Waals surface area contributed by atoms with Gasteiger partial charge in [-0.05, 0) is 42.0 Å². The molecule has 5 aromatic rings. The van der Waals surface area contributed by atoms with Crippen molar-refractivity contribution in [3.05, 3.63) is 85.4 Å². The van der Waals surface area contributed by atoms with Gasteiger partial charge < -0.3 is 13.7 Å². The summed E-state index contributed by atoms with van der Waals surface area (Å²) in [5.74, 6) is -0.692. The summed E-state index contributed by atoms with van der Waals surface area (Å²) in [6.07, 6.45) is 0. The van der Waals surface area contributed by atoms with Crippen LogP contribution in [0.25, 0.3) is 32.0 Å². The predicted molar refractivity (Wildman–Crippen MR) is 136 cm³/mol. The molecule has 0 fully saturated rings. The number of halogens is 2. The third-order valence-electron chi connectivity index (χ3n) is 5.47. The number of carbonyl (C=O) groups excluding carboxylic acids is 1. The Balaban J connectivity index is 1.68. The second-order valence-corrected chi connectivity index (χ2v) is 9.30. The lowest BCUT2D eigenvalue weighted by Gasteiger charge is -2.07. The number of ether oxygens (including phenoxy) is 1. The van der Waals surface area contributed by atoms with E-state index < -0.39 is 11.5 Å². The molecule has 5 rings (SSSR count). The summed E-state index contributed by atoms with van der Waals surface area (Å²) in [6, 6.07) is 16.4. The Morgan fingerprint density at radius 2 is 1.94 bits per heavy atom. The summed E-state index contributed by atoms with van der Waals surface area (Å²) in [5.41, 5.74) is 0.207. The molecule has 0 aliphatic rings. The average Bonchev–Trinajstić information content (AvgIpc) is 3.18. The third-order valence-corrected chi connectivity index (χ3v) is 7.30. The highest BCUT2D eigenvalue weighted by Gasteiger charge is 2.17. The van der Waals surface area contributed by atoms with Gasteiger partial charge in [-0.15, -0.1) is 0 Å². The van der Waals surface area contributed by atoms with Gasteiger partial charge in [-0.25, -0.2) is 4.79 Å². The maximum absolute atomic E-state index is 13.2. The first-order valence-corrected chi connectivity index (χ1v) is 12.1. The minimum absolute atomic E-state index is 0.137. The first-order valence-electron chi connectivity index (χ1n) is 10.6. The molecule has 0 aliphatic heterocycles. The van der Waals surface area contributed by atoms with E-state index >= 15 is 0 Å². The first-order chi connectivity index (χ1) is 16.5. The maximum atomic E-state index is 13.2. The number of carbonyl (C=O) groups is 1. The standard InChI is InChI=1S/C25H18Cl2N2O4S/c1-2-32-12-11-29-22-20(10-8-18(26)21(22)27)34-25(29)28-23(30)17-13-16-15-6-4-3-5-14(15)7-9-19(16)33-24(17)31/h3-10,13H,2,11-12H2,1H3. The number of benzene rings is 3. The Labute approximate surface area is 207 Å². The van der Waals surface area contributed by atoms with E-state index in [1.165, 1.54) is 11.3 Å². The van der Waals surface area contributed by atoms with Crippen LogP contribution in [0.1, 0.15) is 17.3 Å². The average molecular weight is 513 g/mol. The number of thiazole rings is 1. The fourth-order valence-electron chi connectivity index (χ4n) is 3.86. The van der Waals surface area contributed by atoms with Crippen molar-refractivity contribution in [1.29, 1.82) is 0 Å². The summed E-state index contributed by atoms with van der Waals surface area (Å²) in [4.78, 5) is 30.5. The molecule has 0 bridgehead atoms. The van der Waals surface area contributed by atoms with Crippen molar-refractivity contribution < 1.29 is 13.9 Å². The van der Waals surface area contributed by atoms with Crippen LogP contribution < -0.4 is 10.4 Å². The van der Waals surface area contributed by atoms with Crippen molar-refractivity contribution in [2.24, 2.45) is 4.99 Å². The van der Waals surface area contributed by atoms with Crippen molar-refractivity contribution in [2.75, 3.05) is 13.2 Å². The number of nitrogens with zero attached hydrogens (tertiary/aromatic N) is 2. The van der Waals surface area contributed by atoms with Crippen LogP contribution in [0.2, 0.25) is 10.0 Å². The van der Waals surface area contributed by atoms with Crippen LogP contribution in [0.4, 0.5) is 0 Å². The van der Waals surface area contributed by atoms with E-state index in [2.05, 4.69) is 4.99 Å². The molecule has 0 unspecified atom stereocenters. The SMILES string of the molecule is CCOCCn1c(=NC(=O)c2cc3c(ccc4ccccc43)oc2=O)sc2ccc(Cl)c(Cl)c21. The van der Waals surface area contributed by atoms with Crippen molar-refractivity contribution in [3.63, 3.8) is 0 Å². The highest BCUT2D eigenvalue weighted by atomic mass is 35.5. The fraction of sp³-hybridized carbons (Fsp3) is 0.160. The van der Waals surface area contributed by atoms with Crippen molar-refractivity contribution in [3.8, 4) is 0 Å². The van der Waals surface area contributed by atoms with E-state index in [9.17, 15) is 9.59 Å². The second kappa shape index (κ2) is 9.35. The summed E-state index contributed by atoms with van der Waals surface area (Å²) in [5, 5.41) is 3.30. The summed E-state index contributed by atoms with van der Waals surface area (Å²) in [6.45, 7) is 3.26. The van der Waals surface area contributed by atoms with E-state index in [4.69, 9.17) is 32.4 Å². The Bertz CT molecular complexity index is 1700. The monoisotopic (exact) mass is 512 g/mol. The lowest BCUT2D eigenvalue weighted by Crippen LogP contribution is -2.21. The molecular weight excluding hydrogens is 495 g/mol. The first kappa shape index (κ1) is 22.8. The van der Waals surface area contributed by atoms with Crippen LogP contribution in [0.5, 0.6) is 0 Å². The zero-order valence-electron chi connectivity index (χ0n) is 18.0. The van der Waals surface area contributed by atoms with Gasteiger partial charge in [0.1, 0.15) is 11.1 Å². The summed E-state index contributed by atoms with van der Waals surface area (Å²) in [7, 11) is 0. The number of aromatic nitrogens is 1. The molecule has 0 N–H and O–H groups in total. The molecule has 172 valence electrons. The molecule has 0 aliphatic carbocycles. The van der Waals surface area contributed by atoms with Crippen molar-refractivity contribution in [1.82, 2.24) is 4.57 Å². The van der Waals surface area contributed by atoms with E-state index in [1.54, 1.807) is 22.8 Å². The molecule has 34 heavy (non-hydrogen) atoms. The molecular formula is C25H18Cl2N2O4S. The number of hydrogen-bond donors (Lipinski definition) is 0. The smallest absolute Gasteiger partial charge is 0.349 e. The molecule has 0 atom stereocenters.